The van der Waals surface area contributed by atoms with Crippen molar-refractivity contribution in [1.29, 1.82) is 0 Å². The van der Waals surface area contributed by atoms with Gasteiger partial charge in [0.25, 0.3) is 5.91 Å². The van der Waals surface area contributed by atoms with E-state index in [0.29, 0.717) is 12.5 Å². The maximum Gasteiger partial charge on any atom is 0.270 e. The van der Waals surface area contributed by atoms with Crippen LogP contribution in [0.15, 0.2) is 30.5 Å². The summed E-state index contributed by atoms with van der Waals surface area (Å²) in [5.41, 5.74) is 3.39. The molecule has 1 N–H and O–H groups in total. The van der Waals surface area contributed by atoms with Crippen LogP contribution in [-0.2, 0) is 13.0 Å². The van der Waals surface area contributed by atoms with Gasteiger partial charge in [-0.15, -0.1) is 0 Å². The highest BCUT2D eigenvalue weighted by Gasteiger charge is 2.19. The highest BCUT2D eigenvalue weighted by Crippen LogP contribution is 2.36. The maximum atomic E-state index is 12.8. The second kappa shape index (κ2) is 9.35. The second-order valence-electron chi connectivity index (χ2n) is 8.11. The molecular weight excluding hydrogens is 366 g/mol. The number of fused-ring (bicyclic) bond motifs is 2. The lowest BCUT2D eigenvalue weighted by atomic mass is 9.99. The number of hydrogen-bond donors (Lipinski definition) is 1. The van der Waals surface area contributed by atoms with E-state index in [1.54, 1.807) is 0 Å². The lowest BCUT2D eigenvalue weighted by molar-refractivity contribution is 0.0743. The van der Waals surface area contributed by atoms with Gasteiger partial charge >= 0.3 is 0 Å². The molecule has 0 bridgehead atoms. The molecular formula is C23H31N3O3. The molecule has 156 valence electrons. The third kappa shape index (κ3) is 4.93. The summed E-state index contributed by atoms with van der Waals surface area (Å²) in [6.07, 6.45) is 8.20. The van der Waals surface area contributed by atoms with Crippen molar-refractivity contribution >= 4 is 5.91 Å². The molecule has 0 radical (unpaired) electrons. The third-order valence-corrected chi connectivity index (χ3v) is 5.84. The highest BCUT2D eigenvalue weighted by molar-refractivity contribution is 5.92. The summed E-state index contributed by atoms with van der Waals surface area (Å²) in [5.74, 6) is 1.86. The summed E-state index contributed by atoms with van der Waals surface area (Å²) in [5, 5.41) is 0. The number of amides is 1. The van der Waals surface area contributed by atoms with E-state index >= 15 is 0 Å². The minimum Gasteiger partial charge on any atom is -0.454 e. The molecule has 2 aliphatic rings. The molecule has 0 aliphatic carbocycles. The lowest BCUT2D eigenvalue weighted by Gasteiger charge is -2.24. The summed E-state index contributed by atoms with van der Waals surface area (Å²) in [6, 6.07) is 8.08. The van der Waals surface area contributed by atoms with Crippen molar-refractivity contribution in [2.75, 3.05) is 33.5 Å². The summed E-state index contributed by atoms with van der Waals surface area (Å²) >= 11 is 0. The number of aryl methyl sites for hydroxylation is 1. The van der Waals surface area contributed by atoms with Crippen molar-refractivity contribution in [2.24, 2.45) is 0 Å². The van der Waals surface area contributed by atoms with Crippen LogP contribution in [0.25, 0.3) is 0 Å². The Hall–Kier alpha value is -2.47. The topological polar surface area (TPSA) is 57.8 Å². The first-order valence-electron chi connectivity index (χ1n) is 10.7. The molecule has 6 nitrogen and oxygen atoms in total. The first-order valence-corrected chi connectivity index (χ1v) is 10.7. The largest absolute Gasteiger partial charge is 0.454 e. The van der Waals surface area contributed by atoms with Crippen molar-refractivity contribution in [1.82, 2.24) is 14.8 Å². The number of carbonyl (C=O) groups is 1. The molecule has 2 aromatic rings. The zero-order valence-corrected chi connectivity index (χ0v) is 17.3. The SMILES string of the molecule is CN1CCCCN(C(=O)c2ccc[nH]2)CCCCCc2cc3c(cc2C1)OCO3. The van der Waals surface area contributed by atoms with Crippen molar-refractivity contribution in [2.45, 2.75) is 45.1 Å². The molecule has 0 saturated carbocycles. The van der Waals surface area contributed by atoms with Crippen LogP contribution in [0.1, 0.15) is 53.7 Å². The molecule has 2 aliphatic heterocycles. The normalized spacial score (nSPS) is 18.9. The quantitative estimate of drug-likeness (QED) is 0.795. The minimum atomic E-state index is 0.119. The van der Waals surface area contributed by atoms with Crippen LogP contribution in [0.2, 0.25) is 0 Å². The predicted octanol–water partition coefficient (Wildman–Crippen LogP) is 3.82. The number of rotatable bonds is 1. The number of hydrogen-bond acceptors (Lipinski definition) is 4. The Labute approximate surface area is 172 Å². The van der Waals surface area contributed by atoms with E-state index in [2.05, 4.69) is 29.1 Å². The average molecular weight is 398 g/mol. The van der Waals surface area contributed by atoms with Gasteiger partial charge < -0.3 is 24.3 Å². The first-order chi connectivity index (χ1) is 14.2. The molecule has 1 amide bonds. The van der Waals surface area contributed by atoms with Gasteiger partial charge in [-0.2, -0.15) is 0 Å². The lowest BCUT2D eigenvalue weighted by Crippen LogP contribution is -2.33. The Morgan fingerprint density at radius 1 is 0.966 bits per heavy atom. The van der Waals surface area contributed by atoms with Gasteiger partial charge in [-0.3, -0.25) is 4.79 Å². The van der Waals surface area contributed by atoms with E-state index in [0.717, 1.165) is 76.2 Å². The molecule has 0 spiro atoms. The van der Waals surface area contributed by atoms with Gasteiger partial charge in [-0.25, -0.2) is 0 Å². The van der Waals surface area contributed by atoms with Crippen molar-refractivity contribution in [3.05, 3.63) is 47.3 Å². The molecule has 0 fully saturated rings. The average Bonchev–Trinajstić information content (AvgIpc) is 3.40. The molecule has 0 unspecified atom stereocenters. The Kier molecular flexibility index (Phi) is 6.39. The number of benzene rings is 1. The Morgan fingerprint density at radius 2 is 1.69 bits per heavy atom. The third-order valence-electron chi connectivity index (χ3n) is 5.84. The van der Waals surface area contributed by atoms with Crippen LogP contribution >= 0.6 is 0 Å². The smallest absolute Gasteiger partial charge is 0.270 e. The van der Waals surface area contributed by atoms with Crippen LogP contribution in [0.3, 0.4) is 0 Å². The summed E-state index contributed by atoms with van der Waals surface area (Å²) in [6.45, 7) is 3.89. The Bertz CT molecular complexity index is 819. The molecule has 3 heterocycles. The second-order valence-corrected chi connectivity index (χ2v) is 8.11. The van der Waals surface area contributed by atoms with Gasteiger partial charge in [0.1, 0.15) is 5.69 Å². The van der Waals surface area contributed by atoms with E-state index < -0.39 is 0 Å². The molecule has 0 atom stereocenters. The fourth-order valence-corrected chi connectivity index (χ4v) is 4.20. The minimum absolute atomic E-state index is 0.119. The van der Waals surface area contributed by atoms with Crippen LogP contribution in [-0.4, -0.2) is 54.2 Å². The number of nitrogens with zero attached hydrogens (tertiary/aromatic N) is 2. The van der Waals surface area contributed by atoms with Gasteiger partial charge in [0, 0.05) is 25.8 Å². The zero-order valence-electron chi connectivity index (χ0n) is 17.3. The Balaban J connectivity index is 1.44. The van der Waals surface area contributed by atoms with Gasteiger partial charge in [0.15, 0.2) is 11.5 Å². The number of aromatic nitrogens is 1. The fraction of sp³-hybridized carbons (Fsp3) is 0.522. The molecule has 1 aromatic heterocycles. The van der Waals surface area contributed by atoms with E-state index in [4.69, 9.17) is 9.47 Å². The number of H-pyrrole nitrogens is 1. The summed E-state index contributed by atoms with van der Waals surface area (Å²) < 4.78 is 11.2. The van der Waals surface area contributed by atoms with E-state index in [-0.39, 0.29) is 5.91 Å². The van der Waals surface area contributed by atoms with E-state index in [1.807, 2.05) is 23.2 Å². The summed E-state index contributed by atoms with van der Waals surface area (Å²) in [7, 11) is 2.17. The Morgan fingerprint density at radius 3 is 2.45 bits per heavy atom. The highest BCUT2D eigenvalue weighted by atomic mass is 16.7. The van der Waals surface area contributed by atoms with Crippen molar-refractivity contribution < 1.29 is 14.3 Å². The number of carbonyl (C=O) groups excluding carboxylic acids is 1. The number of aromatic amines is 1. The predicted molar refractivity (Wildman–Crippen MR) is 112 cm³/mol. The van der Waals surface area contributed by atoms with Crippen molar-refractivity contribution in [3.63, 3.8) is 0 Å². The van der Waals surface area contributed by atoms with Gasteiger partial charge in [0.05, 0.1) is 0 Å². The monoisotopic (exact) mass is 397 g/mol. The van der Waals surface area contributed by atoms with E-state index in [1.165, 1.54) is 11.1 Å². The van der Waals surface area contributed by atoms with Crippen LogP contribution in [0.5, 0.6) is 11.5 Å². The van der Waals surface area contributed by atoms with Gasteiger partial charge in [0.2, 0.25) is 6.79 Å². The van der Waals surface area contributed by atoms with E-state index in [9.17, 15) is 4.79 Å². The van der Waals surface area contributed by atoms with Crippen molar-refractivity contribution in [3.8, 4) is 11.5 Å². The fourth-order valence-electron chi connectivity index (χ4n) is 4.20. The molecule has 4 rings (SSSR count). The van der Waals surface area contributed by atoms with Gasteiger partial charge in [-0.1, -0.05) is 6.42 Å². The van der Waals surface area contributed by atoms with Crippen LogP contribution in [0.4, 0.5) is 0 Å². The zero-order chi connectivity index (χ0) is 20.1. The molecule has 0 saturated heterocycles. The molecule has 6 heteroatoms. The summed E-state index contributed by atoms with van der Waals surface area (Å²) in [4.78, 5) is 20.2. The first kappa shape index (κ1) is 19.8. The van der Waals surface area contributed by atoms with Gasteiger partial charge in [-0.05, 0) is 81.1 Å². The maximum absolute atomic E-state index is 12.8. The number of ether oxygens (including phenoxy) is 2. The standard InChI is InChI=1S/C23H31N3O3/c1-25-11-5-6-13-26(23(27)20-9-7-10-24-20)12-4-2-3-8-18-14-21-22(29-17-28-21)15-19(18)16-25/h7,9-10,14-15,24H,2-6,8,11-13,16-17H2,1H3. The molecule has 29 heavy (non-hydrogen) atoms. The molecule has 1 aromatic carbocycles. The van der Waals surface area contributed by atoms with Crippen LogP contribution in [0, 0.1) is 0 Å². The van der Waals surface area contributed by atoms with Crippen LogP contribution < -0.4 is 9.47 Å². The number of nitrogens with one attached hydrogen (secondary N) is 1.